The van der Waals surface area contributed by atoms with Gasteiger partial charge in [0.15, 0.2) is 0 Å². The molecule has 5 rings (SSSR count). The van der Waals surface area contributed by atoms with E-state index in [1.54, 1.807) is 25.3 Å². The van der Waals surface area contributed by atoms with E-state index in [4.69, 9.17) is 4.74 Å². The summed E-state index contributed by atoms with van der Waals surface area (Å²) in [6.45, 7) is 8.37. The second-order valence-corrected chi connectivity index (χ2v) is 9.92. The Balaban J connectivity index is 1.19. The first-order valence-corrected chi connectivity index (χ1v) is 13.5. The molecule has 3 aromatic heterocycles. The van der Waals surface area contributed by atoms with Gasteiger partial charge in [0.05, 0.1) is 42.7 Å². The lowest BCUT2D eigenvalue weighted by atomic mass is 10.1. The number of halogens is 3. The molecule has 0 spiro atoms. The van der Waals surface area contributed by atoms with Gasteiger partial charge in [0.2, 0.25) is 5.95 Å². The van der Waals surface area contributed by atoms with E-state index in [0.29, 0.717) is 35.1 Å². The monoisotopic (exact) mass is 596 g/mol. The van der Waals surface area contributed by atoms with Gasteiger partial charge in [-0.05, 0) is 44.2 Å². The molecule has 1 saturated heterocycles. The number of hydrogen-bond donors (Lipinski definition) is 4. The molecule has 0 atom stereocenters. The van der Waals surface area contributed by atoms with E-state index in [9.17, 15) is 18.0 Å². The Hall–Kier alpha value is -4.76. The lowest BCUT2D eigenvalue weighted by molar-refractivity contribution is -0.137. The van der Waals surface area contributed by atoms with Crippen LogP contribution in [0.1, 0.15) is 27.4 Å². The molecule has 1 aromatic carbocycles. The Kier molecular flexibility index (Phi) is 9.01. The van der Waals surface area contributed by atoms with E-state index in [1.807, 2.05) is 13.0 Å². The fourth-order valence-corrected chi connectivity index (χ4v) is 4.39. The molecule has 0 bridgehead atoms. The van der Waals surface area contributed by atoms with Crippen LogP contribution in [-0.4, -0.2) is 74.7 Å². The number of morpholine rings is 1. The summed E-state index contributed by atoms with van der Waals surface area (Å²) in [4.78, 5) is 31.9. The number of imidazole rings is 1. The van der Waals surface area contributed by atoms with Gasteiger partial charge < -0.3 is 19.9 Å². The Bertz CT molecular complexity index is 1550. The standard InChI is InChI=1S/C28H31F3N10O2/c1-18-11-25(32-5-6-40-7-9-43-10-8-40)37-27(35-18)39-38-26(42)24-4-3-21(15-33-24)36-22-12-20(28(29,30)31)13-23(14-22)41-16-19(2)34-17-41/h3-4,11-17,36H,5-10H2,1-2H3,(H,38,42)(H2,32,35,37,39). The van der Waals surface area contributed by atoms with E-state index >= 15 is 0 Å². The third-order valence-corrected chi connectivity index (χ3v) is 6.52. The molecule has 1 aliphatic heterocycles. The van der Waals surface area contributed by atoms with Crippen molar-refractivity contribution in [2.75, 3.05) is 55.5 Å². The topological polar surface area (TPSA) is 134 Å². The molecule has 0 aliphatic carbocycles. The number of carbonyl (C=O) groups is 1. The number of carbonyl (C=O) groups excluding carboxylic acids is 1. The summed E-state index contributed by atoms with van der Waals surface area (Å²) in [6, 6.07) is 8.42. The number of aromatic nitrogens is 5. The molecule has 4 heterocycles. The van der Waals surface area contributed by atoms with E-state index in [0.717, 1.165) is 45.0 Å². The van der Waals surface area contributed by atoms with Crippen molar-refractivity contribution in [1.82, 2.24) is 34.8 Å². The summed E-state index contributed by atoms with van der Waals surface area (Å²) in [6.07, 6.45) is -0.108. The maximum atomic E-state index is 13.6. The predicted molar refractivity (Wildman–Crippen MR) is 154 cm³/mol. The van der Waals surface area contributed by atoms with Gasteiger partial charge >= 0.3 is 6.18 Å². The third-order valence-electron chi connectivity index (χ3n) is 6.52. The summed E-state index contributed by atoms with van der Waals surface area (Å²) in [7, 11) is 0. The quantitative estimate of drug-likeness (QED) is 0.200. The molecule has 0 saturated carbocycles. The number of ether oxygens (including phenoxy) is 1. The van der Waals surface area contributed by atoms with Crippen LogP contribution in [0.3, 0.4) is 0 Å². The van der Waals surface area contributed by atoms with Crippen molar-refractivity contribution in [2.24, 2.45) is 0 Å². The van der Waals surface area contributed by atoms with Crippen LogP contribution in [0.5, 0.6) is 0 Å². The number of amides is 1. The molecule has 4 aromatic rings. The van der Waals surface area contributed by atoms with Gasteiger partial charge in [0.1, 0.15) is 11.5 Å². The molecule has 43 heavy (non-hydrogen) atoms. The van der Waals surface area contributed by atoms with Gasteiger partial charge in [-0.1, -0.05) is 0 Å². The average Bonchev–Trinajstić information content (AvgIpc) is 3.42. The zero-order valence-electron chi connectivity index (χ0n) is 23.6. The van der Waals surface area contributed by atoms with Crippen molar-refractivity contribution < 1.29 is 22.7 Å². The van der Waals surface area contributed by atoms with Gasteiger partial charge in [-0.3, -0.25) is 20.5 Å². The SMILES string of the molecule is Cc1cn(-c2cc(Nc3ccc(C(=O)NNc4nc(C)cc(NCCN5CCOCC5)n4)nc3)cc(C(F)(F)F)c2)cn1. The first kappa shape index (κ1) is 29.7. The second kappa shape index (κ2) is 13.0. The molecule has 0 radical (unpaired) electrons. The van der Waals surface area contributed by atoms with Crippen LogP contribution in [0, 0.1) is 13.8 Å². The lowest BCUT2D eigenvalue weighted by Crippen LogP contribution is -2.39. The van der Waals surface area contributed by atoms with Crippen molar-refractivity contribution in [3.63, 3.8) is 0 Å². The lowest BCUT2D eigenvalue weighted by Gasteiger charge is -2.26. The average molecular weight is 597 g/mol. The molecular formula is C28H31F3N10O2. The maximum absolute atomic E-state index is 13.6. The highest BCUT2D eigenvalue weighted by Gasteiger charge is 2.31. The van der Waals surface area contributed by atoms with Crippen molar-refractivity contribution in [1.29, 1.82) is 0 Å². The van der Waals surface area contributed by atoms with E-state index in [1.165, 1.54) is 23.2 Å². The molecular weight excluding hydrogens is 565 g/mol. The Morgan fingerprint density at radius 2 is 1.81 bits per heavy atom. The molecule has 1 aliphatic rings. The zero-order valence-corrected chi connectivity index (χ0v) is 23.6. The summed E-state index contributed by atoms with van der Waals surface area (Å²) < 4.78 is 47.6. The molecule has 0 unspecified atom stereocenters. The van der Waals surface area contributed by atoms with Gasteiger partial charge in [0.25, 0.3) is 5.91 Å². The van der Waals surface area contributed by atoms with Gasteiger partial charge in [0, 0.05) is 55.5 Å². The number of alkyl halides is 3. The number of rotatable bonds is 10. The van der Waals surface area contributed by atoms with Crippen LogP contribution >= 0.6 is 0 Å². The minimum absolute atomic E-state index is 0.0770. The molecule has 1 fully saturated rings. The number of hydrogen-bond acceptors (Lipinski definition) is 10. The molecule has 15 heteroatoms. The highest BCUT2D eigenvalue weighted by atomic mass is 19.4. The zero-order chi connectivity index (χ0) is 30.4. The van der Waals surface area contributed by atoms with Crippen molar-refractivity contribution in [2.45, 2.75) is 20.0 Å². The van der Waals surface area contributed by atoms with Gasteiger partial charge in [-0.2, -0.15) is 18.2 Å². The summed E-state index contributed by atoms with van der Waals surface area (Å²) in [5, 5.41) is 6.20. The number of aryl methyl sites for hydroxylation is 2. The first-order valence-electron chi connectivity index (χ1n) is 13.5. The predicted octanol–water partition coefficient (Wildman–Crippen LogP) is 3.94. The van der Waals surface area contributed by atoms with Crippen LogP contribution in [0.4, 0.5) is 36.3 Å². The van der Waals surface area contributed by atoms with Gasteiger partial charge in [-0.25, -0.2) is 15.0 Å². The van der Waals surface area contributed by atoms with Crippen LogP contribution in [-0.2, 0) is 10.9 Å². The summed E-state index contributed by atoms with van der Waals surface area (Å²) in [5.41, 5.74) is 6.74. The highest BCUT2D eigenvalue weighted by molar-refractivity contribution is 5.93. The van der Waals surface area contributed by atoms with Crippen LogP contribution < -0.4 is 21.5 Å². The second-order valence-electron chi connectivity index (χ2n) is 9.92. The number of anilines is 4. The highest BCUT2D eigenvalue weighted by Crippen LogP contribution is 2.34. The van der Waals surface area contributed by atoms with Crippen molar-refractivity contribution in [3.05, 3.63) is 77.8 Å². The number of nitrogens with one attached hydrogen (secondary N) is 4. The normalized spacial score (nSPS) is 13.9. The van der Waals surface area contributed by atoms with Crippen molar-refractivity contribution >= 4 is 29.0 Å². The third kappa shape index (κ3) is 8.17. The number of nitrogens with zero attached hydrogens (tertiary/aromatic N) is 6. The smallest absolute Gasteiger partial charge is 0.379 e. The van der Waals surface area contributed by atoms with Crippen molar-refractivity contribution in [3.8, 4) is 5.69 Å². The fraction of sp³-hybridized carbons (Fsp3) is 0.321. The minimum Gasteiger partial charge on any atom is -0.379 e. The van der Waals surface area contributed by atoms with E-state index in [2.05, 4.69) is 46.3 Å². The Morgan fingerprint density at radius 3 is 2.51 bits per heavy atom. The largest absolute Gasteiger partial charge is 0.416 e. The Morgan fingerprint density at radius 1 is 1.00 bits per heavy atom. The molecule has 12 nitrogen and oxygen atoms in total. The first-order chi connectivity index (χ1) is 20.6. The van der Waals surface area contributed by atoms with Crippen LogP contribution in [0.2, 0.25) is 0 Å². The summed E-state index contributed by atoms with van der Waals surface area (Å²) >= 11 is 0. The number of hydrazine groups is 1. The minimum atomic E-state index is -4.55. The van der Waals surface area contributed by atoms with E-state index in [-0.39, 0.29) is 17.3 Å². The van der Waals surface area contributed by atoms with Gasteiger partial charge in [-0.15, -0.1) is 0 Å². The fourth-order valence-electron chi connectivity index (χ4n) is 4.39. The molecule has 1 amide bonds. The molecule has 226 valence electrons. The number of benzene rings is 1. The Labute approximate surface area is 245 Å². The molecule has 4 N–H and O–H groups in total. The van der Waals surface area contributed by atoms with E-state index < -0.39 is 17.6 Å². The van der Waals surface area contributed by atoms with Crippen LogP contribution in [0.15, 0.2) is 55.1 Å². The van der Waals surface area contributed by atoms with Crippen LogP contribution in [0.25, 0.3) is 5.69 Å². The maximum Gasteiger partial charge on any atom is 0.416 e. The number of pyridine rings is 1. The summed E-state index contributed by atoms with van der Waals surface area (Å²) in [5.74, 6) is 0.274.